The van der Waals surface area contributed by atoms with Gasteiger partial charge >= 0.3 is 0 Å². The van der Waals surface area contributed by atoms with E-state index in [1.165, 1.54) is 38.4 Å². The van der Waals surface area contributed by atoms with Gasteiger partial charge < -0.3 is 4.90 Å². The van der Waals surface area contributed by atoms with E-state index in [4.69, 9.17) is 9.97 Å². The number of aromatic nitrogens is 2. The fraction of sp³-hybridized carbons (Fsp3) is 0.0204. The van der Waals surface area contributed by atoms with Crippen LogP contribution in [0.15, 0.2) is 182 Å². The molecule has 2 heterocycles. The molecule has 0 unspecified atom stereocenters. The summed E-state index contributed by atoms with van der Waals surface area (Å²) in [5.41, 5.74) is 14.4. The fourth-order valence-corrected chi connectivity index (χ4v) is 7.96. The highest BCUT2D eigenvalue weighted by Gasteiger charge is 2.30. The molecule has 0 fully saturated rings. The Balaban J connectivity index is 1.28. The van der Waals surface area contributed by atoms with Crippen LogP contribution in [0.4, 0.5) is 17.1 Å². The van der Waals surface area contributed by atoms with Crippen molar-refractivity contribution in [3.8, 4) is 56.2 Å². The van der Waals surface area contributed by atoms with Crippen molar-refractivity contribution in [2.45, 2.75) is 6.92 Å². The first kappa shape index (κ1) is 30.0. The van der Waals surface area contributed by atoms with E-state index in [0.717, 1.165) is 56.1 Å². The zero-order valence-corrected chi connectivity index (χ0v) is 28.7. The summed E-state index contributed by atoms with van der Waals surface area (Å²) in [6, 6.07) is 64.9. The molecule has 3 heteroatoms. The smallest absolute Gasteiger partial charge is 0.161 e. The van der Waals surface area contributed by atoms with Gasteiger partial charge in [0.1, 0.15) is 0 Å². The third-order valence-electron chi connectivity index (χ3n) is 10.4. The molecule has 8 aromatic carbocycles. The molecule has 0 amide bonds. The molecule has 1 aromatic heterocycles. The minimum atomic E-state index is 0.714. The number of hydrogen-bond acceptors (Lipinski definition) is 3. The number of nitrogens with zero attached hydrogens (tertiary/aromatic N) is 3. The van der Waals surface area contributed by atoms with E-state index < -0.39 is 0 Å². The van der Waals surface area contributed by atoms with Gasteiger partial charge in [-0.05, 0) is 70.1 Å². The molecule has 0 spiro atoms. The van der Waals surface area contributed by atoms with Crippen LogP contribution in [-0.4, -0.2) is 9.97 Å². The van der Waals surface area contributed by atoms with Gasteiger partial charge in [0.25, 0.3) is 0 Å². The number of fused-ring (bicyclic) bond motifs is 3. The fourth-order valence-electron chi connectivity index (χ4n) is 7.96. The first-order valence-electron chi connectivity index (χ1n) is 17.8. The third kappa shape index (κ3) is 4.82. The molecule has 9 aromatic rings. The molecule has 0 aliphatic carbocycles. The van der Waals surface area contributed by atoms with E-state index >= 15 is 0 Å². The van der Waals surface area contributed by atoms with E-state index in [1.54, 1.807) is 0 Å². The van der Waals surface area contributed by atoms with E-state index in [-0.39, 0.29) is 0 Å². The molecule has 52 heavy (non-hydrogen) atoms. The highest BCUT2D eigenvalue weighted by Crippen LogP contribution is 2.55. The van der Waals surface area contributed by atoms with Crippen LogP contribution in [0.2, 0.25) is 0 Å². The summed E-state index contributed by atoms with van der Waals surface area (Å²) >= 11 is 0. The normalized spacial score (nSPS) is 11.9. The second-order valence-corrected chi connectivity index (χ2v) is 13.4. The van der Waals surface area contributed by atoms with Crippen molar-refractivity contribution in [2.24, 2.45) is 0 Å². The predicted molar refractivity (Wildman–Crippen MR) is 217 cm³/mol. The largest absolute Gasteiger partial charge is 0.309 e. The minimum Gasteiger partial charge on any atom is -0.309 e. The van der Waals surface area contributed by atoms with Crippen LogP contribution in [0.3, 0.4) is 0 Å². The molecule has 0 radical (unpaired) electrons. The molecule has 0 saturated heterocycles. The molecule has 0 saturated carbocycles. The summed E-state index contributed by atoms with van der Waals surface area (Å²) in [7, 11) is 0. The SMILES string of the molecule is Cc1c(-c2ccccc2)nc(-c2ccc3c4c(cccc24)-c2c(-c4ccccc4)cccc2N3c2ccc3ccccc3c2)nc1-c1ccccc1. The van der Waals surface area contributed by atoms with Gasteiger partial charge in [0.15, 0.2) is 5.82 Å². The summed E-state index contributed by atoms with van der Waals surface area (Å²) < 4.78 is 0. The Morgan fingerprint density at radius 2 is 1.02 bits per heavy atom. The van der Waals surface area contributed by atoms with Crippen LogP contribution >= 0.6 is 0 Å². The maximum absolute atomic E-state index is 5.35. The van der Waals surface area contributed by atoms with Gasteiger partial charge in [0.2, 0.25) is 0 Å². The van der Waals surface area contributed by atoms with Crippen molar-refractivity contribution >= 4 is 38.6 Å². The van der Waals surface area contributed by atoms with Crippen molar-refractivity contribution in [3.63, 3.8) is 0 Å². The molecule has 1 aliphatic heterocycles. The summed E-state index contributed by atoms with van der Waals surface area (Å²) in [5, 5.41) is 4.75. The predicted octanol–water partition coefficient (Wildman–Crippen LogP) is 13.2. The van der Waals surface area contributed by atoms with Gasteiger partial charge in [-0.1, -0.05) is 152 Å². The second-order valence-electron chi connectivity index (χ2n) is 13.4. The van der Waals surface area contributed by atoms with E-state index in [2.05, 4.69) is 182 Å². The summed E-state index contributed by atoms with van der Waals surface area (Å²) in [6.07, 6.45) is 0. The monoisotopic (exact) mass is 663 g/mol. The van der Waals surface area contributed by atoms with Crippen LogP contribution in [0.5, 0.6) is 0 Å². The zero-order valence-electron chi connectivity index (χ0n) is 28.7. The second kappa shape index (κ2) is 12.2. The lowest BCUT2D eigenvalue weighted by molar-refractivity contribution is 1.15. The van der Waals surface area contributed by atoms with Gasteiger partial charge in [0.05, 0.1) is 22.8 Å². The lowest BCUT2D eigenvalue weighted by atomic mass is 9.84. The summed E-state index contributed by atoms with van der Waals surface area (Å²) in [4.78, 5) is 13.1. The van der Waals surface area contributed by atoms with Crippen LogP contribution in [0.25, 0.3) is 77.7 Å². The maximum Gasteiger partial charge on any atom is 0.161 e. The Morgan fingerprint density at radius 3 is 1.71 bits per heavy atom. The quantitative estimate of drug-likeness (QED) is 0.183. The van der Waals surface area contributed by atoms with Crippen LogP contribution in [0.1, 0.15) is 5.56 Å². The van der Waals surface area contributed by atoms with Gasteiger partial charge in [-0.3, -0.25) is 0 Å². The van der Waals surface area contributed by atoms with Gasteiger partial charge in [-0.2, -0.15) is 0 Å². The van der Waals surface area contributed by atoms with Gasteiger partial charge in [-0.25, -0.2) is 9.97 Å². The Labute approximate surface area is 303 Å². The van der Waals surface area contributed by atoms with E-state index in [9.17, 15) is 0 Å². The summed E-state index contributed by atoms with van der Waals surface area (Å²) in [5.74, 6) is 0.714. The molecule has 10 rings (SSSR count). The molecule has 0 atom stereocenters. The number of rotatable bonds is 5. The Kier molecular flexibility index (Phi) is 7.04. The molecule has 244 valence electrons. The third-order valence-corrected chi connectivity index (χ3v) is 10.4. The van der Waals surface area contributed by atoms with Gasteiger partial charge in [0, 0.05) is 38.9 Å². The van der Waals surface area contributed by atoms with Crippen molar-refractivity contribution in [1.82, 2.24) is 9.97 Å². The molecule has 3 nitrogen and oxygen atoms in total. The molecular formula is C49H33N3. The molecule has 1 aliphatic rings. The Hall–Kier alpha value is -6.84. The lowest BCUT2D eigenvalue weighted by Crippen LogP contribution is -2.16. The van der Waals surface area contributed by atoms with Crippen LogP contribution < -0.4 is 4.90 Å². The first-order chi connectivity index (χ1) is 25.7. The lowest BCUT2D eigenvalue weighted by Gasteiger charge is -2.35. The highest BCUT2D eigenvalue weighted by atomic mass is 15.2. The number of anilines is 3. The molecule has 0 bridgehead atoms. The molecular weight excluding hydrogens is 631 g/mol. The minimum absolute atomic E-state index is 0.714. The van der Waals surface area contributed by atoms with Crippen LogP contribution in [-0.2, 0) is 0 Å². The van der Waals surface area contributed by atoms with Crippen LogP contribution in [0, 0.1) is 6.92 Å². The topological polar surface area (TPSA) is 29.0 Å². The summed E-state index contributed by atoms with van der Waals surface area (Å²) in [6.45, 7) is 2.13. The standard InChI is InChI=1S/C49H33N3/c1-32-47(35-18-7-3-8-19-35)50-49(51-48(32)36-20-9-4-10-21-36)41-29-30-44-46-40(41)24-13-25-42(46)45-39(34-16-5-2-6-17-34)23-14-26-43(45)52(44)38-28-27-33-15-11-12-22-37(33)31-38/h2-31H,1H3. The van der Waals surface area contributed by atoms with Gasteiger partial charge in [-0.15, -0.1) is 0 Å². The zero-order chi connectivity index (χ0) is 34.6. The van der Waals surface area contributed by atoms with Crippen molar-refractivity contribution in [3.05, 3.63) is 188 Å². The molecule has 0 N–H and O–H groups in total. The number of benzene rings is 8. The Bertz CT molecular complexity index is 2730. The van der Waals surface area contributed by atoms with Crippen molar-refractivity contribution < 1.29 is 0 Å². The van der Waals surface area contributed by atoms with Crippen molar-refractivity contribution in [2.75, 3.05) is 4.90 Å². The average Bonchev–Trinajstić information content (AvgIpc) is 3.22. The van der Waals surface area contributed by atoms with E-state index in [0.29, 0.717) is 5.82 Å². The maximum atomic E-state index is 5.35. The van der Waals surface area contributed by atoms with Crippen molar-refractivity contribution in [1.29, 1.82) is 0 Å². The average molecular weight is 664 g/mol. The highest BCUT2D eigenvalue weighted by molar-refractivity contribution is 6.19. The number of hydrogen-bond donors (Lipinski definition) is 0. The van der Waals surface area contributed by atoms with E-state index in [1.807, 2.05) is 12.1 Å². The first-order valence-corrected chi connectivity index (χ1v) is 17.8. The Morgan fingerprint density at radius 1 is 0.423 bits per heavy atom.